The largest absolute Gasteiger partial charge is 0.493 e. The molecule has 2 aromatic carbocycles. The van der Waals surface area contributed by atoms with Crippen molar-refractivity contribution >= 4 is 17.5 Å². The number of carbonyl (C=O) groups is 2. The number of anilines is 1. The molecule has 0 aliphatic carbocycles. The first-order valence-corrected chi connectivity index (χ1v) is 10.1. The van der Waals surface area contributed by atoms with Crippen LogP contribution in [0.1, 0.15) is 17.5 Å². The van der Waals surface area contributed by atoms with Crippen LogP contribution in [0.5, 0.6) is 23.0 Å². The van der Waals surface area contributed by atoms with Crippen molar-refractivity contribution in [2.75, 3.05) is 39.9 Å². The van der Waals surface area contributed by atoms with Crippen molar-refractivity contribution < 1.29 is 28.5 Å². The molecule has 0 N–H and O–H groups in total. The molecule has 4 rings (SSSR count). The zero-order valence-corrected chi connectivity index (χ0v) is 18.1. The third kappa shape index (κ3) is 3.67. The van der Waals surface area contributed by atoms with E-state index in [2.05, 4.69) is 4.90 Å². The molecule has 0 aromatic heterocycles. The van der Waals surface area contributed by atoms with Gasteiger partial charge in [-0.05, 0) is 41.8 Å². The van der Waals surface area contributed by atoms with E-state index in [1.165, 1.54) is 17.6 Å². The van der Waals surface area contributed by atoms with Crippen molar-refractivity contribution in [2.45, 2.75) is 25.4 Å². The van der Waals surface area contributed by atoms with Gasteiger partial charge in [-0.2, -0.15) is 0 Å². The molecule has 1 saturated heterocycles. The van der Waals surface area contributed by atoms with Gasteiger partial charge in [0.15, 0.2) is 23.0 Å². The summed E-state index contributed by atoms with van der Waals surface area (Å²) in [6.07, 6.45) is 0.916. The smallest absolute Gasteiger partial charge is 0.251 e. The van der Waals surface area contributed by atoms with Crippen LogP contribution in [0.15, 0.2) is 30.3 Å². The van der Waals surface area contributed by atoms with Crippen LogP contribution in [0.4, 0.5) is 5.69 Å². The first-order valence-electron chi connectivity index (χ1n) is 10.1. The Morgan fingerprint density at radius 2 is 1.42 bits per heavy atom. The van der Waals surface area contributed by atoms with Crippen LogP contribution in [-0.4, -0.2) is 57.7 Å². The summed E-state index contributed by atoms with van der Waals surface area (Å²) in [7, 11) is 6.28. The van der Waals surface area contributed by atoms with Crippen molar-refractivity contribution in [3.8, 4) is 23.0 Å². The van der Waals surface area contributed by atoms with Crippen LogP contribution < -0.4 is 23.8 Å². The lowest BCUT2D eigenvalue weighted by Crippen LogP contribution is -2.44. The van der Waals surface area contributed by atoms with Gasteiger partial charge in [-0.3, -0.25) is 14.5 Å². The van der Waals surface area contributed by atoms with E-state index in [0.717, 1.165) is 12.0 Å². The Balaban J connectivity index is 1.57. The number of hydrogen-bond acceptors (Lipinski definition) is 7. The first kappa shape index (κ1) is 21.0. The lowest BCUT2D eigenvalue weighted by atomic mass is 9.97. The molecular weight excluding hydrogens is 400 g/mol. The second-order valence-electron chi connectivity index (χ2n) is 7.52. The molecule has 2 heterocycles. The quantitative estimate of drug-likeness (QED) is 0.657. The molecule has 0 bridgehead atoms. The third-order valence-corrected chi connectivity index (χ3v) is 5.94. The summed E-state index contributed by atoms with van der Waals surface area (Å²) >= 11 is 0. The van der Waals surface area contributed by atoms with E-state index in [1.807, 2.05) is 12.1 Å². The van der Waals surface area contributed by atoms with Crippen molar-refractivity contribution in [3.05, 3.63) is 41.5 Å². The molecule has 0 saturated carbocycles. The number of amides is 2. The summed E-state index contributed by atoms with van der Waals surface area (Å²) in [6, 6.07) is 8.49. The molecule has 164 valence electrons. The Bertz CT molecular complexity index is 1020. The maximum atomic E-state index is 13.3. The van der Waals surface area contributed by atoms with Crippen LogP contribution in [0.3, 0.4) is 0 Å². The minimum atomic E-state index is -0.498. The summed E-state index contributed by atoms with van der Waals surface area (Å²) in [5, 5.41) is 0. The highest BCUT2D eigenvalue weighted by Crippen LogP contribution is 2.37. The molecule has 2 aliphatic heterocycles. The van der Waals surface area contributed by atoms with Gasteiger partial charge in [-0.1, -0.05) is 0 Å². The van der Waals surface area contributed by atoms with Crippen molar-refractivity contribution in [2.24, 2.45) is 0 Å². The average Bonchev–Trinajstić information content (AvgIpc) is 3.10. The summed E-state index contributed by atoms with van der Waals surface area (Å²) < 4.78 is 21.4. The molecule has 1 unspecified atom stereocenters. The molecule has 0 radical (unpaired) electrons. The van der Waals surface area contributed by atoms with E-state index < -0.39 is 6.04 Å². The molecule has 8 nitrogen and oxygen atoms in total. The van der Waals surface area contributed by atoms with E-state index in [0.29, 0.717) is 41.8 Å². The fourth-order valence-electron chi connectivity index (χ4n) is 4.31. The molecule has 8 heteroatoms. The lowest BCUT2D eigenvalue weighted by Gasteiger charge is -2.32. The monoisotopic (exact) mass is 426 g/mol. The Kier molecular flexibility index (Phi) is 5.73. The number of methoxy groups -OCH3 is 4. The molecule has 2 aliphatic rings. The maximum absolute atomic E-state index is 13.3. The van der Waals surface area contributed by atoms with Crippen LogP contribution in [-0.2, 0) is 22.6 Å². The van der Waals surface area contributed by atoms with Gasteiger partial charge < -0.3 is 18.9 Å². The fourth-order valence-corrected chi connectivity index (χ4v) is 4.31. The molecule has 2 aromatic rings. The molecule has 1 fully saturated rings. The topological polar surface area (TPSA) is 77.5 Å². The SMILES string of the molecule is COc1ccc(N2C(=O)CC(N3CCc4cc(OC)c(OC)cc4C3)C2=O)cc1OC. The van der Waals surface area contributed by atoms with E-state index in [-0.39, 0.29) is 18.2 Å². The highest BCUT2D eigenvalue weighted by molar-refractivity contribution is 6.22. The van der Waals surface area contributed by atoms with Gasteiger partial charge in [0.2, 0.25) is 5.91 Å². The second-order valence-corrected chi connectivity index (χ2v) is 7.52. The van der Waals surface area contributed by atoms with Crippen molar-refractivity contribution in [1.29, 1.82) is 0 Å². The summed E-state index contributed by atoms with van der Waals surface area (Å²) in [4.78, 5) is 29.4. The number of fused-ring (bicyclic) bond motifs is 1. The Hall–Kier alpha value is -3.26. The molecule has 2 amide bonds. The van der Waals surface area contributed by atoms with E-state index in [9.17, 15) is 9.59 Å². The van der Waals surface area contributed by atoms with E-state index >= 15 is 0 Å². The number of rotatable bonds is 6. The van der Waals surface area contributed by atoms with Gasteiger partial charge in [-0.25, -0.2) is 4.90 Å². The van der Waals surface area contributed by atoms with E-state index in [4.69, 9.17) is 18.9 Å². The maximum Gasteiger partial charge on any atom is 0.251 e. The number of nitrogens with zero attached hydrogens (tertiary/aromatic N) is 2. The molecule has 0 spiro atoms. The zero-order chi connectivity index (χ0) is 22.1. The number of benzene rings is 2. The third-order valence-electron chi connectivity index (χ3n) is 5.94. The van der Waals surface area contributed by atoms with Gasteiger partial charge in [-0.15, -0.1) is 0 Å². The van der Waals surface area contributed by atoms with Gasteiger partial charge >= 0.3 is 0 Å². The van der Waals surface area contributed by atoms with E-state index in [1.54, 1.807) is 39.5 Å². The number of carbonyl (C=O) groups excluding carboxylic acids is 2. The van der Waals surface area contributed by atoms with Crippen LogP contribution >= 0.6 is 0 Å². The molecular formula is C23H26N2O6. The number of imide groups is 1. The van der Waals surface area contributed by atoms with Crippen LogP contribution in [0.25, 0.3) is 0 Å². The lowest BCUT2D eigenvalue weighted by molar-refractivity contribution is -0.123. The average molecular weight is 426 g/mol. The Labute approximate surface area is 181 Å². The normalized spacial score (nSPS) is 18.7. The van der Waals surface area contributed by atoms with Crippen LogP contribution in [0, 0.1) is 0 Å². The number of ether oxygens (including phenoxy) is 4. The number of hydrogen-bond donors (Lipinski definition) is 0. The summed E-state index contributed by atoms with van der Waals surface area (Å²) in [5.74, 6) is 1.92. The second kappa shape index (κ2) is 8.47. The predicted octanol–water partition coefficient (Wildman–Crippen LogP) is 2.41. The van der Waals surface area contributed by atoms with Gasteiger partial charge in [0.1, 0.15) is 0 Å². The van der Waals surface area contributed by atoms with Gasteiger partial charge in [0, 0.05) is 19.2 Å². The zero-order valence-electron chi connectivity index (χ0n) is 18.1. The Morgan fingerprint density at radius 3 is 2.06 bits per heavy atom. The first-order chi connectivity index (χ1) is 15.0. The van der Waals surface area contributed by atoms with Gasteiger partial charge in [0.05, 0.1) is 46.6 Å². The van der Waals surface area contributed by atoms with Crippen LogP contribution in [0.2, 0.25) is 0 Å². The Morgan fingerprint density at radius 1 is 0.806 bits per heavy atom. The van der Waals surface area contributed by atoms with Crippen molar-refractivity contribution in [3.63, 3.8) is 0 Å². The highest BCUT2D eigenvalue weighted by atomic mass is 16.5. The molecule has 31 heavy (non-hydrogen) atoms. The summed E-state index contributed by atoms with van der Waals surface area (Å²) in [6.45, 7) is 1.26. The molecule has 1 atom stereocenters. The standard InChI is InChI=1S/C23H26N2O6/c1-28-18-6-5-16(11-21(18)31-4)25-22(26)12-17(23(25)27)24-8-7-14-9-19(29-2)20(30-3)10-15(14)13-24/h5-6,9-11,17H,7-8,12-13H2,1-4H3. The van der Waals surface area contributed by atoms with Crippen molar-refractivity contribution in [1.82, 2.24) is 4.90 Å². The minimum absolute atomic E-state index is 0.149. The predicted molar refractivity (Wildman–Crippen MR) is 114 cm³/mol. The highest BCUT2D eigenvalue weighted by Gasteiger charge is 2.43. The van der Waals surface area contributed by atoms with Gasteiger partial charge in [0.25, 0.3) is 5.91 Å². The summed E-state index contributed by atoms with van der Waals surface area (Å²) in [5.41, 5.74) is 2.73. The fraction of sp³-hybridized carbons (Fsp3) is 0.391. The minimum Gasteiger partial charge on any atom is -0.493 e.